The topological polar surface area (TPSA) is 56.1 Å². The molecule has 7 heteroatoms. The fourth-order valence-corrected chi connectivity index (χ4v) is 8.26. The molecule has 0 aliphatic rings. The van der Waals surface area contributed by atoms with Gasteiger partial charge < -0.3 is 8.85 Å². The Kier molecular flexibility index (Phi) is 15.2. The van der Waals surface area contributed by atoms with Gasteiger partial charge in [-0.15, -0.1) is 0 Å². The van der Waals surface area contributed by atoms with Gasteiger partial charge in [-0.3, -0.25) is 9.98 Å². The number of benzene rings is 2. The molecule has 0 saturated heterocycles. The Bertz CT molecular complexity index is 1560. The molecule has 0 fully saturated rings. The fraction of sp³-hybridized carbons (Fsp3) is 0.578. The molecule has 2 aromatic carbocycles. The lowest BCUT2D eigenvalue weighted by Gasteiger charge is -2.36. The molecule has 52 heavy (non-hydrogen) atoms. The number of aromatic nitrogens is 1. The van der Waals surface area contributed by atoms with Crippen LogP contribution in [0, 0.1) is 41.5 Å². The molecule has 0 saturated carbocycles. The summed E-state index contributed by atoms with van der Waals surface area (Å²) < 4.78 is 13.1. The molecule has 0 aliphatic carbocycles. The quantitative estimate of drug-likeness (QED) is 0.0834. The highest BCUT2D eigenvalue weighted by Crippen LogP contribution is 2.38. The van der Waals surface area contributed by atoms with E-state index in [4.69, 9.17) is 23.8 Å². The molecular weight excluding hydrogens is 671 g/mol. The van der Waals surface area contributed by atoms with Gasteiger partial charge in [-0.05, 0) is 151 Å². The van der Waals surface area contributed by atoms with E-state index in [-0.39, 0.29) is 10.1 Å². The summed E-state index contributed by atoms with van der Waals surface area (Å²) in [5.74, 6) is 0. The third kappa shape index (κ3) is 12.2. The van der Waals surface area contributed by atoms with Crippen molar-refractivity contribution >= 4 is 39.4 Å². The molecule has 1 aromatic heterocycles. The van der Waals surface area contributed by atoms with E-state index in [2.05, 4.69) is 152 Å². The fourth-order valence-electron chi connectivity index (χ4n) is 6.08. The predicted octanol–water partition coefficient (Wildman–Crippen LogP) is 13.6. The van der Waals surface area contributed by atoms with Gasteiger partial charge in [0.2, 0.25) is 0 Å². The Balaban J connectivity index is 1.99. The van der Waals surface area contributed by atoms with Gasteiger partial charge in [0.25, 0.3) is 0 Å². The van der Waals surface area contributed by atoms with Crippen molar-refractivity contribution in [2.24, 2.45) is 9.98 Å². The van der Waals surface area contributed by atoms with E-state index < -0.39 is 16.6 Å². The Morgan fingerprint density at radius 3 is 1.19 bits per heavy atom. The third-order valence-corrected chi connectivity index (χ3v) is 20.3. The van der Waals surface area contributed by atoms with Crippen LogP contribution in [0.3, 0.4) is 0 Å². The summed E-state index contributed by atoms with van der Waals surface area (Å²) in [7, 11) is -3.57. The molecule has 3 aromatic rings. The highest BCUT2D eigenvalue weighted by molar-refractivity contribution is 6.74. The average Bonchev–Trinajstić information content (AvgIpc) is 3.00. The maximum Gasteiger partial charge on any atom is 0.191 e. The van der Waals surface area contributed by atoms with Crippen LogP contribution in [-0.2, 0) is 8.85 Å². The van der Waals surface area contributed by atoms with E-state index >= 15 is 0 Å². The summed E-state index contributed by atoms with van der Waals surface area (Å²) in [4.78, 5) is 16.1. The van der Waals surface area contributed by atoms with Crippen molar-refractivity contribution in [1.82, 2.24) is 4.98 Å². The van der Waals surface area contributed by atoms with Crippen LogP contribution in [0.2, 0.25) is 36.3 Å². The third-order valence-electron chi connectivity index (χ3n) is 11.3. The van der Waals surface area contributed by atoms with Crippen molar-refractivity contribution in [1.29, 1.82) is 0 Å². The van der Waals surface area contributed by atoms with Gasteiger partial charge in [0.1, 0.15) is 0 Å². The monoisotopic (exact) mass is 742 g/mol. The van der Waals surface area contributed by atoms with Gasteiger partial charge in [-0.2, -0.15) is 0 Å². The van der Waals surface area contributed by atoms with Crippen LogP contribution >= 0.6 is 0 Å². The van der Waals surface area contributed by atoms with E-state index in [1.807, 2.05) is 0 Å². The van der Waals surface area contributed by atoms with Crippen LogP contribution in [0.4, 0.5) is 11.4 Å². The lowest BCUT2D eigenvalue weighted by molar-refractivity contribution is 0.280. The van der Waals surface area contributed by atoms with Crippen LogP contribution in [0.1, 0.15) is 125 Å². The second-order valence-corrected chi connectivity index (χ2v) is 27.8. The van der Waals surface area contributed by atoms with Crippen LogP contribution in [0.5, 0.6) is 0 Å². The summed E-state index contributed by atoms with van der Waals surface area (Å²) in [5, 5.41) is 0.411. The first kappa shape index (κ1) is 43.7. The molecule has 286 valence electrons. The van der Waals surface area contributed by atoms with Crippen molar-refractivity contribution in [3.05, 3.63) is 87.2 Å². The van der Waals surface area contributed by atoms with Crippen LogP contribution in [-0.4, -0.2) is 46.3 Å². The van der Waals surface area contributed by atoms with Gasteiger partial charge in [0.15, 0.2) is 16.6 Å². The van der Waals surface area contributed by atoms with Gasteiger partial charge in [0.05, 0.1) is 34.2 Å². The van der Waals surface area contributed by atoms with E-state index in [9.17, 15) is 0 Å². The second-order valence-electron chi connectivity index (χ2n) is 18.2. The van der Waals surface area contributed by atoms with Crippen LogP contribution in [0.25, 0.3) is 0 Å². The maximum absolute atomic E-state index is 6.54. The first-order valence-electron chi connectivity index (χ1n) is 19.6. The van der Waals surface area contributed by atoms with E-state index in [1.165, 1.54) is 33.4 Å². The Hall–Kier alpha value is -2.72. The minimum atomic E-state index is -1.79. The zero-order valence-electron chi connectivity index (χ0n) is 35.9. The molecule has 0 unspecified atom stereocenters. The molecule has 3 rings (SSSR count). The highest BCUT2D eigenvalue weighted by atomic mass is 28.4. The number of nitrogens with zero attached hydrogens (tertiary/aromatic N) is 3. The number of aryl methyl sites for hydroxylation is 6. The van der Waals surface area contributed by atoms with Crippen molar-refractivity contribution < 1.29 is 8.85 Å². The molecule has 0 aliphatic heterocycles. The summed E-state index contributed by atoms with van der Waals surface area (Å²) in [6.07, 6.45) is 5.62. The number of pyridine rings is 1. The Morgan fingerprint density at radius 2 is 0.885 bits per heavy atom. The normalized spacial score (nSPS) is 13.6. The zero-order chi connectivity index (χ0) is 39.1. The number of aliphatic imine (C=N–C) groups is 2. The summed E-state index contributed by atoms with van der Waals surface area (Å²) in [5.41, 5.74) is 13.3. The lowest BCUT2D eigenvalue weighted by Crippen LogP contribution is -2.40. The largest absolute Gasteiger partial charge is 0.417 e. The van der Waals surface area contributed by atoms with Gasteiger partial charge >= 0.3 is 0 Å². The van der Waals surface area contributed by atoms with Crippen molar-refractivity contribution in [2.45, 2.75) is 158 Å². The number of hydrogen-bond acceptors (Lipinski definition) is 5. The molecule has 5 nitrogen and oxygen atoms in total. The van der Waals surface area contributed by atoms with Gasteiger partial charge in [0, 0.05) is 13.2 Å². The molecular formula is C45H71N3O2Si2. The average molecular weight is 742 g/mol. The van der Waals surface area contributed by atoms with Crippen molar-refractivity contribution in [2.75, 3.05) is 13.2 Å². The van der Waals surface area contributed by atoms with Crippen LogP contribution in [0.15, 0.2) is 52.4 Å². The van der Waals surface area contributed by atoms with Gasteiger partial charge in [-0.1, -0.05) is 83.0 Å². The van der Waals surface area contributed by atoms with Crippen molar-refractivity contribution in [3.8, 4) is 0 Å². The number of hydrogen-bond donors (Lipinski definition) is 0. The Morgan fingerprint density at radius 1 is 0.558 bits per heavy atom. The predicted molar refractivity (Wildman–Crippen MR) is 232 cm³/mol. The summed E-state index contributed by atoms with van der Waals surface area (Å²) in [6.45, 7) is 37.7. The molecule has 0 bridgehead atoms. The smallest absolute Gasteiger partial charge is 0.191 e. The second kappa shape index (κ2) is 18.1. The maximum atomic E-state index is 6.54. The SMILES string of the molecule is Cc1cc(C)c(N=C(CCCCO[Si](C)(C)C(C)(C)C)c2cccc(C(CCCCO[Si](C)(C)C(C)(C)C)=Nc3c(C)cc(C)cc3C)n2)c(C)c1. The Labute approximate surface area is 320 Å². The standard InChI is InChI=1S/C45H71N3O2Si2/c1-32-28-34(3)42(35(4)29-32)47-40(22-17-19-26-49-51(13,14)44(7,8)9)38-24-21-25-39(46-38)41(48-43-36(5)30-33(2)31-37(43)6)23-18-20-27-50-52(15,16)45(10,11)12/h21,24-25,28-31H,17-20,22-23,26-27H2,1-16H3. The van der Waals surface area contributed by atoms with Gasteiger partial charge in [-0.25, -0.2) is 4.98 Å². The molecule has 0 amide bonds. The molecule has 1 heterocycles. The van der Waals surface area contributed by atoms with Crippen molar-refractivity contribution in [3.63, 3.8) is 0 Å². The summed E-state index contributed by atoms with van der Waals surface area (Å²) in [6, 6.07) is 15.3. The molecule has 0 radical (unpaired) electrons. The lowest BCUT2D eigenvalue weighted by atomic mass is 10.0. The van der Waals surface area contributed by atoms with Crippen LogP contribution < -0.4 is 0 Å². The summed E-state index contributed by atoms with van der Waals surface area (Å²) >= 11 is 0. The van der Waals surface area contributed by atoms with E-state index in [0.717, 1.165) is 85.9 Å². The molecule has 0 spiro atoms. The minimum Gasteiger partial charge on any atom is -0.417 e. The molecule has 0 atom stereocenters. The molecule has 0 N–H and O–H groups in total. The zero-order valence-corrected chi connectivity index (χ0v) is 37.9. The number of unbranched alkanes of at least 4 members (excludes halogenated alkanes) is 2. The first-order chi connectivity index (χ1) is 24.0. The minimum absolute atomic E-state index is 0.206. The van der Waals surface area contributed by atoms with E-state index in [0.29, 0.717) is 0 Å². The first-order valence-corrected chi connectivity index (χ1v) is 25.4. The van der Waals surface area contributed by atoms with E-state index in [1.54, 1.807) is 0 Å². The highest BCUT2D eigenvalue weighted by Gasteiger charge is 2.37. The number of rotatable bonds is 16.